The molecule has 0 fully saturated rings. The molecule has 18 heavy (non-hydrogen) atoms. The Balaban J connectivity index is 2.24. The van der Waals surface area contributed by atoms with E-state index in [1.54, 1.807) is 12.1 Å². The van der Waals surface area contributed by atoms with Crippen molar-refractivity contribution in [1.82, 2.24) is 5.32 Å². The van der Waals surface area contributed by atoms with Crippen molar-refractivity contribution in [1.29, 1.82) is 0 Å². The van der Waals surface area contributed by atoms with Gasteiger partial charge in [0.05, 0.1) is 5.02 Å². The molecule has 1 aliphatic heterocycles. The number of carbonyl (C=O) groups is 1. The summed E-state index contributed by atoms with van der Waals surface area (Å²) in [6.45, 7) is 4.92. The van der Waals surface area contributed by atoms with Crippen LogP contribution in [0, 0.1) is 0 Å². The Bertz CT molecular complexity index is 462. The lowest BCUT2D eigenvalue weighted by molar-refractivity contribution is 0.0938. The van der Waals surface area contributed by atoms with Gasteiger partial charge in [0.15, 0.2) is 11.5 Å². The molecule has 0 aliphatic carbocycles. The van der Waals surface area contributed by atoms with Crippen LogP contribution in [-0.4, -0.2) is 25.2 Å². The molecule has 2 rings (SSSR count). The van der Waals surface area contributed by atoms with Gasteiger partial charge in [-0.15, -0.1) is 0 Å². The third kappa shape index (κ3) is 2.70. The highest BCUT2D eigenvalue weighted by Gasteiger charge is 2.19. The first-order valence-corrected chi connectivity index (χ1v) is 6.39. The highest BCUT2D eigenvalue weighted by molar-refractivity contribution is 6.32. The molecule has 0 saturated heterocycles. The Kier molecular flexibility index (Phi) is 3.97. The van der Waals surface area contributed by atoms with Crippen LogP contribution in [0.1, 0.15) is 30.6 Å². The number of carbonyl (C=O) groups excluding carboxylic acids is 1. The van der Waals surface area contributed by atoms with Gasteiger partial charge in [-0.3, -0.25) is 4.79 Å². The van der Waals surface area contributed by atoms with Crippen LogP contribution in [0.15, 0.2) is 12.1 Å². The molecule has 0 spiro atoms. The van der Waals surface area contributed by atoms with E-state index in [-0.39, 0.29) is 11.9 Å². The highest BCUT2D eigenvalue weighted by atomic mass is 35.5. The molecule has 0 aromatic heterocycles. The first kappa shape index (κ1) is 13.0. The van der Waals surface area contributed by atoms with Crippen molar-refractivity contribution >= 4 is 17.5 Å². The average Bonchev–Trinajstić information content (AvgIpc) is 2.38. The largest absolute Gasteiger partial charge is 0.486 e. The normalized spacial score (nSPS) is 15.1. The van der Waals surface area contributed by atoms with Gasteiger partial charge in [0.1, 0.15) is 13.2 Å². The first-order valence-electron chi connectivity index (χ1n) is 6.01. The van der Waals surface area contributed by atoms with E-state index in [0.29, 0.717) is 35.3 Å². The minimum Gasteiger partial charge on any atom is -0.486 e. The number of amides is 1. The van der Waals surface area contributed by atoms with Gasteiger partial charge in [-0.1, -0.05) is 18.5 Å². The van der Waals surface area contributed by atoms with Crippen LogP contribution >= 0.6 is 11.6 Å². The second-order valence-electron chi connectivity index (χ2n) is 4.27. The van der Waals surface area contributed by atoms with Crippen LogP contribution in [0.4, 0.5) is 0 Å². The van der Waals surface area contributed by atoms with Crippen LogP contribution in [0.25, 0.3) is 0 Å². The lowest BCUT2D eigenvalue weighted by Gasteiger charge is -2.20. The molecule has 0 saturated carbocycles. The van der Waals surface area contributed by atoms with E-state index in [1.807, 2.05) is 13.8 Å². The maximum absolute atomic E-state index is 12.0. The third-order valence-electron chi connectivity index (χ3n) is 2.85. The molecule has 0 radical (unpaired) electrons. The SMILES string of the molecule is CC[C@@H](C)NC(=O)c1cc(Cl)c2c(c1)OCCO2. The molecule has 1 atom stereocenters. The Hall–Kier alpha value is -1.42. The molecule has 98 valence electrons. The van der Waals surface area contributed by atoms with E-state index in [4.69, 9.17) is 21.1 Å². The molecule has 1 aromatic rings. The number of hydrogen-bond donors (Lipinski definition) is 1. The second kappa shape index (κ2) is 5.48. The number of ether oxygens (including phenoxy) is 2. The summed E-state index contributed by atoms with van der Waals surface area (Å²) in [5, 5.41) is 3.29. The van der Waals surface area contributed by atoms with Crippen LogP contribution in [-0.2, 0) is 0 Å². The van der Waals surface area contributed by atoms with E-state index < -0.39 is 0 Å². The van der Waals surface area contributed by atoms with Crippen LogP contribution in [0.3, 0.4) is 0 Å². The summed E-state index contributed by atoms with van der Waals surface area (Å²) in [4.78, 5) is 12.0. The topological polar surface area (TPSA) is 47.6 Å². The summed E-state index contributed by atoms with van der Waals surface area (Å²) in [5.74, 6) is 0.897. The molecule has 4 nitrogen and oxygen atoms in total. The average molecular weight is 270 g/mol. The number of nitrogens with one attached hydrogen (secondary N) is 1. The first-order chi connectivity index (χ1) is 8.61. The van der Waals surface area contributed by atoms with Gasteiger partial charge in [0.25, 0.3) is 5.91 Å². The van der Waals surface area contributed by atoms with E-state index >= 15 is 0 Å². The predicted octanol–water partition coefficient (Wildman–Crippen LogP) is 2.64. The monoisotopic (exact) mass is 269 g/mol. The van der Waals surface area contributed by atoms with Crippen LogP contribution in [0.2, 0.25) is 5.02 Å². The smallest absolute Gasteiger partial charge is 0.251 e. The highest BCUT2D eigenvalue weighted by Crippen LogP contribution is 2.38. The number of hydrogen-bond acceptors (Lipinski definition) is 3. The molecule has 1 amide bonds. The van der Waals surface area contributed by atoms with Crippen LogP contribution < -0.4 is 14.8 Å². The molecule has 5 heteroatoms. The molecule has 1 aromatic carbocycles. The zero-order valence-corrected chi connectivity index (χ0v) is 11.2. The maximum Gasteiger partial charge on any atom is 0.251 e. The van der Waals surface area contributed by atoms with Crippen molar-refractivity contribution in [3.63, 3.8) is 0 Å². The van der Waals surface area contributed by atoms with E-state index in [0.717, 1.165) is 6.42 Å². The fourth-order valence-electron chi connectivity index (χ4n) is 1.65. The minimum absolute atomic E-state index is 0.129. The Labute approximate surface area is 111 Å². The number of rotatable bonds is 3. The predicted molar refractivity (Wildman–Crippen MR) is 69.7 cm³/mol. The summed E-state index contributed by atoms with van der Waals surface area (Å²) in [7, 11) is 0. The zero-order chi connectivity index (χ0) is 13.1. The lowest BCUT2D eigenvalue weighted by Crippen LogP contribution is -2.32. The third-order valence-corrected chi connectivity index (χ3v) is 3.13. The van der Waals surface area contributed by atoms with Crippen molar-refractivity contribution in [2.75, 3.05) is 13.2 Å². The fourth-order valence-corrected chi connectivity index (χ4v) is 1.92. The molecule has 1 aliphatic rings. The van der Waals surface area contributed by atoms with Gasteiger partial charge < -0.3 is 14.8 Å². The zero-order valence-electron chi connectivity index (χ0n) is 10.5. The number of benzene rings is 1. The molecule has 1 heterocycles. The second-order valence-corrected chi connectivity index (χ2v) is 4.67. The molecule has 0 bridgehead atoms. The summed E-state index contributed by atoms with van der Waals surface area (Å²) in [6.07, 6.45) is 0.879. The van der Waals surface area contributed by atoms with Gasteiger partial charge in [0.2, 0.25) is 0 Å². The Morgan fingerprint density at radius 1 is 1.44 bits per heavy atom. The van der Waals surface area contributed by atoms with Gasteiger partial charge in [-0.25, -0.2) is 0 Å². The van der Waals surface area contributed by atoms with Gasteiger partial charge in [0, 0.05) is 11.6 Å². The molecular formula is C13H16ClNO3. The number of halogens is 1. The van der Waals surface area contributed by atoms with Crippen LogP contribution in [0.5, 0.6) is 11.5 Å². The Morgan fingerprint density at radius 3 is 2.89 bits per heavy atom. The van der Waals surface area contributed by atoms with Gasteiger partial charge in [-0.05, 0) is 25.5 Å². The fraction of sp³-hybridized carbons (Fsp3) is 0.462. The summed E-state index contributed by atoms with van der Waals surface area (Å²) >= 11 is 6.08. The minimum atomic E-state index is -0.150. The Morgan fingerprint density at radius 2 is 2.17 bits per heavy atom. The van der Waals surface area contributed by atoms with Gasteiger partial charge >= 0.3 is 0 Å². The molecule has 1 N–H and O–H groups in total. The quantitative estimate of drug-likeness (QED) is 0.918. The standard InChI is InChI=1S/C13H16ClNO3/c1-3-8(2)15-13(16)9-6-10(14)12-11(7-9)17-4-5-18-12/h6-8H,3-5H2,1-2H3,(H,15,16)/t8-/m1/s1. The summed E-state index contributed by atoms with van der Waals surface area (Å²) < 4.78 is 10.8. The van der Waals surface area contributed by atoms with E-state index in [2.05, 4.69) is 5.32 Å². The lowest BCUT2D eigenvalue weighted by atomic mass is 10.1. The van der Waals surface area contributed by atoms with Crippen molar-refractivity contribution in [3.05, 3.63) is 22.7 Å². The van der Waals surface area contributed by atoms with Gasteiger partial charge in [-0.2, -0.15) is 0 Å². The van der Waals surface area contributed by atoms with Crippen molar-refractivity contribution in [3.8, 4) is 11.5 Å². The van der Waals surface area contributed by atoms with Crippen molar-refractivity contribution in [2.45, 2.75) is 26.3 Å². The summed E-state index contributed by atoms with van der Waals surface area (Å²) in [6, 6.07) is 3.40. The summed E-state index contributed by atoms with van der Waals surface area (Å²) in [5.41, 5.74) is 0.490. The molecular weight excluding hydrogens is 254 g/mol. The van der Waals surface area contributed by atoms with E-state index in [9.17, 15) is 4.79 Å². The van der Waals surface area contributed by atoms with Crippen molar-refractivity contribution in [2.24, 2.45) is 0 Å². The number of fused-ring (bicyclic) bond motifs is 1. The maximum atomic E-state index is 12.0. The van der Waals surface area contributed by atoms with E-state index in [1.165, 1.54) is 0 Å². The molecule has 0 unspecified atom stereocenters. The van der Waals surface area contributed by atoms with Crippen molar-refractivity contribution < 1.29 is 14.3 Å².